The summed E-state index contributed by atoms with van der Waals surface area (Å²) in [5, 5.41) is 9.36. The van der Waals surface area contributed by atoms with Crippen molar-refractivity contribution in [3.05, 3.63) is 11.8 Å². The number of rotatable bonds is 7. The van der Waals surface area contributed by atoms with Crippen LogP contribution in [0.3, 0.4) is 0 Å². The molecule has 0 unspecified atom stereocenters. The third-order valence-electron chi connectivity index (χ3n) is 2.51. The molecular formula is C13H24F4O2Si2. The van der Waals surface area contributed by atoms with Gasteiger partial charge in [-0.05, 0) is 0 Å². The number of carbonyl (C=O) groups excluding carboxylic acids is 1. The number of aliphatic hydroxyl groups excluding tert-OH is 1. The molecule has 0 aromatic heterocycles. The van der Waals surface area contributed by atoms with Gasteiger partial charge in [-0.15, -0.1) is 0 Å². The summed E-state index contributed by atoms with van der Waals surface area (Å²) in [5.74, 6) is -10.7. The van der Waals surface area contributed by atoms with Crippen LogP contribution in [0.5, 0.6) is 0 Å². The minimum absolute atomic E-state index is 0.000278. The van der Waals surface area contributed by atoms with Crippen molar-refractivity contribution >= 4 is 21.9 Å². The molecular weight excluding hydrogens is 320 g/mol. The Bertz CT molecular complexity index is 421. The summed E-state index contributed by atoms with van der Waals surface area (Å²) in [7, 11) is -4.49. The molecule has 8 heteroatoms. The lowest BCUT2D eigenvalue weighted by molar-refractivity contribution is -0.135. The molecule has 0 rings (SSSR count). The lowest BCUT2D eigenvalue weighted by Crippen LogP contribution is -2.38. The van der Waals surface area contributed by atoms with Crippen LogP contribution in [0.15, 0.2) is 11.8 Å². The molecule has 2 nitrogen and oxygen atoms in total. The zero-order valence-corrected chi connectivity index (χ0v) is 15.4. The van der Waals surface area contributed by atoms with Gasteiger partial charge in [0.15, 0.2) is 5.76 Å². The highest BCUT2D eigenvalue weighted by Gasteiger charge is 2.45. The maximum absolute atomic E-state index is 13.7. The molecule has 0 bridgehead atoms. The lowest BCUT2D eigenvalue weighted by Gasteiger charge is -2.25. The Morgan fingerprint density at radius 3 is 1.57 bits per heavy atom. The molecule has 0 saturated carbocycles. The maximum Gasteiger partial charge on any atom is 0.306 e. The van der Waals surface area contributed by atoms with Crippen molar-refractivity contribution in [2.75, 3.05) is 0 Å². The molecule has 21 heavy (non-hydrogen) atoms. The van der Waals surface area contributed by atoms with Gasteiger partial charge < -0.3 is 5.11 Å². The summed E-state index contributed by atoms with van der Waals surface area (Å²) in [4.78, 5) is 11.5. The van der Waals surface area contributed by atoms with E-state index in [1.807, 2.05) is 0 Å². The zero-order chi connectivity index (χ0) is 17.3. The Kier molecular flexibility index (Phi) is 6.05. The van der Waals surface area contributed by atoms with Crippen molar-refractivity contribution in [1.82, 2.24) is 0 Å². The Morgan fingerprint density at radius 1 is 0.905 bits per heavy atom. The Balaban J connectivity index is 5.19. The van der Waals surface area contributed by atoms with Gasteiger partial charge >= 0.3 is 11.8 Å². The maximum atomic E-state index is 13.7. The monoisotopic (exact) mass is 344 g/mol. The van der Waals surface area contributed by atoms with E-state index in [1.165, 1.54) is 0 Å². The number of aliphatic hydroxyl groups is 1. The van der Waals surface area contributed by atoms with Crippen LogP contribution in [0, 0.1) is 0 Å². The van der Waals surface area contributed by atoms with Gasteiger partial charge in [-0.3, -0.25) is 4.79 Å². The van der Waals surface area contributed by atoms with E-state index < -0.39 is 51.6 Å². The van der Waals surface area contributed by atoms with Gasteiger partial charge in [-0.25, -0.2) is 0 Å². The first-order chi connectivity index (χ1) is 8.96. The minimum Gasteiger partial charge on any atom is -0.506 e. The molecule has 0 aromatic carbocycles. The number of halogens is 4. The highest BCUT2D eigenvalue weighted by atomic mass is 28.3. The van der Waals surface area contributed by atoms with Crippen LogP contribution in [0.2, 0.25) is 51.4 Å². The summed E-state index contributed by atoms with van der Waals surface area (Å²) in [6, 6.07) is -1.24. The average Bonchev–Trinajstić information content (AvgIpc) is 2.08. The number of hydrogen-bond acceptors (Lipinski definition) is 2. The van der Waals surface area contributed by atoms with Gasteiger partial charge in [0.1, 0.15) is 0 Å². The number of allylic oxidation sites excluding steroid dienone is 2. The van der Waals surface area contributed by atoms with Crippen LogP contribution < -0.4 is 0 Å². The van der Waals surface area contributed by atoms with E-state index in [-0.39, 0.29) is 6.08 Å². The molecule has 0 aliphatic rings. The van der Waals surface area contributed by atoms with Crippen molar-refractivity contribution in [1.29, 1.82) is 0 Å². The van der Waals surface area contributed by atoms with Gasteiger partial charge in [0.2, 0.25) is 5.78 Å². The fourth-order valence-corrected chi connectivity index (χ4v) is 4.86. The predicted molar refractivity (Wildman–Crippen MR) is 81.9 cm³/mol. The van der Waals surface area contributed by atoms with E-state index in [0.29, 0.717) is 0 Å². The van der Waals surface area contributed by atoms with Crippen molar-refractivity contribution in [3.8, 4) is 0 Å². The largest absolute Gasteiger partial charge is 0.506 e. The summed E-state index contributed by atoms with van der Waals surface area (Å²) in [6.07, 6.45) is 0.000278. The third kappa shape index (κ3) is 7.80. The van der Waals surface area contributed by atoms with Crippen molar-refractivity contribution in [2.45, 2.75) is 63.2 Å². The number of carbonyl (C=O) groups is 1. The highest BCUT2D eigenvalue weighted by Crippen LogP contribution is 2.34. The number of ketones is 1. The Hall–Kier alpha value is -0.636. The van der Waals surface area contributed by atoms with Crippen LogP contribution in [-0.2, 0) is 4.79 Å². The summed E-state index contributed by atoms with van der Waals surface area (Å²) < 4.78 is 54.8. The third-order valence-corrected chi connectivity index (χ3v) is 5.52. The first-order valence-electron chi connectivity index (χ1n) is 6.68. The predicted octanol–water partition coefficient (Wildman–Crippen LogP) is 4.94. The normalized spacial score (nSPS) is 15.2. The van der Waals surface area contributed by atoms with Crippen molar-refractivity contribution in [2.24, 2.45) is 0 Å². The fourth-order valence-electron chi connectivity index (χ4n) is 1.85. The standard InChI is InChI=1S/C13H24F4O2Si2/c1-20(2,3)8-12(14,15)10(18)7-11(19)13(16,17)9-21(4,5)6/h7,18H,8-9H2,1-6H3/b10-7-. The molecule has 0 atom stereocenters. The van der Waals surface area contributed by atoms with Gasteiger partial charge in [-0.2, -0.15) is 17.6 Å². The average molecular weight is 344 g/mol. The van der Waals surface area contributed by atoms with E-state index in [1.54, 1.807) is 39.3 Å². The summed E-state index contributed by atoms with van der Waals surface area (Å²) in [6.45, 7) is 9.94. The summed E-state index contributed by atoms with van der Waals surface area (Å²) >= 11 is 0. The minimum atomic E-state index is -3.71. The Morgan fingerprint density at radius 2 is 1.24 bits per heavy atom. The first kappa shape index (κ1) is 20.4. The molecule has 0 fully saturated rings. The van der Waals surface area contributed by atoms with Gasteiger partial charge in [0.05, 0.1) is 16.1 Å². The van der Waals surface area contributed by atoms with Gasteiger partial charge in [0, 0.05) is 18.2 Å². The van der Waals surface area contributed by atoms with E-state index in [9.17, 15) is 27.5 Å². The smallest absolute Gasteiger partial charge is 0.306 e. The zero-order valence-electron chi connectivity index (χ0n) is 13.4. The van der Waals surface area contributed by atoms with Gasteiger partial charge in [-0.1, -0.05) is 39.3 Å². The molecule has 0 aliphatic heterocycles. The number of hydrogen-bond donors (Lipinski definition) is 1. The summed E-state index contributed by atoms with van der Waals surface area (Å²) in [5.41, 5.74) is 0. The molecule has 0 heterocycles. The SMILES string of the molecule is C[Si](C)(C)CC(F)(F)C(=O)/C=C(\O)C(F)(F)C[Si](C)(C)C. The first-order valence-corrected chi connectivity index (χ1v) is 14.1. The van der Waals surface area contributed by atoms with E-state index >= 15 is 0 Å². The highest BCUT2D eigenvalue weighted by molar-refractivity contribution is 6.76. The second-order valence-corrected chi connectivity index (χ2v) is 18.7. The molecule has 0 spiro atoms. The molecule has 0 aromatic rings. The van der Waals surface area contributed by atoms with Crippen LogP contribution >= 0.6 is 0 Å². The molecule has 0 saturated heterocycles. The van der Waals surface area contributed by atoms with E-state index in [2.05, 4.69) is 0 Å². The van der Waals surface area contributed by atoms with E-state index in [0.717, 1.165) is 0 Å². The van der Waals surface area contributed by atoms with Gasteiger partial charge in [0.25, 0.3) is 0 Å². The van der Waals surface area contributed by atoms with Crippen LogP contribution in [0.4, 0.5) is 17.6 Å². The van der Waals surface area contributed by atoms with Crippen LogP contribution in [0.25, 0.3) is 0 Å². The van der Waals surface area contributed by atoms with E-state index in [4.69, 9.17) is 0 Å². The van der Waals surface area contributed by atoms with Crippen LogP contribution in [0.1, 0.15) is 0 Å². The fraction of sp³-hybridized carbons (Fsp3) is 0.769. The Labute approximate surface area is 125 Å². The second-order valence-electron chi connectivity index (χ2n) is 7.78. The molecule has 1 N–H and O–H groups in total. The molecule has 0 radical (unpaired) electrons. The van der Waals surface area contributed by atoms with Crippen LogP contribution in [-0.4, -0.2) is 38.9 Å². The topological polar surface area (TPSA) is 37.3 Å². The van der Waals surface area contributed by atoms with Crippen molar-refractivity contribution < 1.29 is 27.5 Å². The quantitative estimate of drug-likeness (QED) is 0.307. The molecule has 0 amide bonds. The molecule has 0 aliphatic carbocycles. The molecule has 124 valence electrons. The number of alkyl halides is 4. The van der Waals surface area contributed by atoms with Crippen molar-refractivity contribution in [3.63, 3.8) is 0 Å². The second kappa shape index (κ2) is 6.23. The lowest BCUT2D eigenvalue weighted by atomic mass is 10.2.